The molecule has 176 valence electrons. The normalized spacial score (nSPS) is 14.6. The van der Waals surface area contributed by atoms with Gasteiger partial charge in [0, 0.05) is 55.6 Å². The predicted molar refractivity (Wildman–Crippen MR) is 134 cm³/mol. The van der Waals surface area contributed by atoms with Gasteiger partial charge in [-0.15, -0.1) is 0 Å². The lowest BCUT2D eigenvalue weighted by atomic mass is 10.1. The number of rotatable bonds is 7. The van der Waals surface area contributed by atoms with Gasteiger partial charge in [-0.3, -0.25) is 14.5 Å². The number of para-hydroxylation sites is 1. The van der Waals surface area contributed by atoms with E-state index in [-0.39, 0.29) is 17.9 Å². The number of hydrogen-bond acceptors (Lipinski definition) is 4. The van der Waals surface area contributed by atoms with Crippen LogP contribution in [0.3, 0.4) is 0 Å². The summed E-state index contributed by atoms with van der Waals surface area (Å²) in [5, 5.41) is 7.71. The van der Waals surface area contributed by atoms with Crippen LogP contribution in [0.25, 0.3) is 23.0 Å². The number of piperazine rings is 1. The average Bonchev–Trinajstić information content (AvgIpc) is 3.28. The summed E-state index contributed by atoms with van der Waals surface area (Å²) >= 11 is 0. The second kappa shape index (κ2) is 10.9. The third kappa shape index (κ3) is 5.99. The summed E-state index contributed by atoms with van der Waals surface area (Å²) in [6, 6.07) is 20.0. The van der Waals surface area contributed by atoms with Crippen molar-refractivity contribution in [3.05, 3.63) is 78.5 Å². The average molecular weight is 458 g/mol. The molecule has 34 heavy (non-hydrogen) atoms. The largest absolute Gasteiger partial charge is 0.353 e. The van der Waals surface area contributed by atoms with E-state index < -0.39 is 0 Å². The summed E-state index contributed by atoms with van der Waals surface area (Å²) in [4.78, 5) is 28.8. The molecule has 0 spiro atoms. The molecule has 0 unspecified atom stereocenters. The van der Waals surface area contributed by atoms with Gasteiger partial charge >= 0.3 is 0 Å². The second-order valence-electron chi connectivity index (χ2n) is 8.74. The Morgan fingerprint density at radius 1 is 0.971 bits per heavy atom. The minimum absolute atomic E-state index is 0.0264. The summed E-state index contributed by atoms with van der Waals surface area (Å²) in [7, 11) is 0. The van der Waals surface area contributed by atoms with Crippen molar-refractivity contribution in [2.75, 3.05) is 32.7 Å². The lowest BCUT2D eigenvalue weighted by Gasteiger charge is -2.33. The molecule has 1 fully saturated rings. The van der Waals surface area contributed by atoms with Crippen LogP contribution in [0.2, 0.25) is 0 Å². The zero-order valence-corrected chi connectivity index (χ0v) is 19.7. The van der Waals surface area contributed by atoms with Crippen LogP contribution in [0.5, 0.6) is 0 Å². The topological polar surface area (TPSA) is 70.5 Å². The standard InChI is InChI=1S/C27H31N5O2/c1-21(2)28-25(33)20-30-15-17-31(18-16-30)26(34)14-13-23-19-32(24-11-7-4-8-12-24)29-27(23)22-9-5-3-6-10-22/h3-14,19,21H,15-18,20H2,1-2H3,(H,28,33)/b14-13+. The highest BCUT2D eigenvalue weighted by Crippen LogP contribution is 2.24. The van der Waals surface area contributed by atoms with E-state index in [1.807, 2.05) is 96.4 Å². The molecule has 0 bridgehead atoms. The van der Waals surface area contributed by atoms with Crippen LogP contribution in [0.4, 0.5) is 0 Å². The van der Waals surface area contributed by atoms with E-state index in [4.69, 9.17) is 5.10 Å². The number of aromatic nitrogens is 2. The Morgan fingerprint density at radius 2 is 1.62 bits per heavy atom. The number of nitrogens with zero attached hydrogens (tertiary/aromatic N) is 4. The van der Waals surface area contributed by atoms with Crippen molar-refractivity contribution in [1.82, 2.24) is 24.9 Å². The number of nitrogens with one attached hydrogen (secondary N) is 1. The molecule has 7 heteroatoms. The molecule has 1 aliphatic rings. The minimum atomic E-state index is -0.0299. The fraction of sp³-hybridized carbons (Fsp3) is 0.296. The number of hydrogen-bond donors (Lipinski definition) is 1. The molecule has 0 radical (unpaired) electrons. The molecular formula is C27H31N5O2. The van der Waals surface area contributed by atoms with Crippen LogP contribution in [-0.4, -0.2) is 70.2 Å². The van der Waals surface area contributed by atoms with Crippen molar-refractivity contribution in [1.29, 1.82) is 0 Å². The highest BCUT2D eigenvalue weighted by atomic mass is 16.2. The maximum atomic E-state index is 12.9. The Bertz CT molecular complexity index is 1130. The van der Waals surface area contributed by atoms with E-state index in [1.54, 1.807) is 6.08 Å². The number of carbonyl (C=O) groups excluding carboxylic acids is 2. The molecule has 7 nitrogen and oxygen atoms in total. The smallest absolute Gasteiger partial charge is 0.246 e. The fourth-order valence-corrected chi connectivity index (χ4v) is 4.01. The molecule has 1 aromatic heterocycles. The zero-order chi connectivity index (χ0) is 23.9. The Balaban J connectivity index is 1.44. The summed E-state index contributed by atoms with van der Waals surface area (Å²) in [6.07, 6.45) is 5.42. The lowest BCUT2D eigenvalue weighted by Crippen LogP contribution is -2.51. The van der Waals surface area contributed by atoms with Crippen LogP contribution in [0.1, 0.15) is 19.4 Å². The van der Waals surface area contributed by atoms with E-state index in [9.17, 15) is 9.59 Å². The minimum Gasteiger partial charge on any atom is -0.353 e. The molecule has 1 N–H and O–H groups in total. The van der Waals surface area contributed by atoms with Gasteiger partial charge in [0.25, 0.3) is 0 Å². The van der Waals surface area contributed by atoms with Crippen LogP contribution < -0.4 is 5.32 Å². The lowest BCUT2D eigenvalue weighted by molar-refractivity contribution is -0.128. The third-order valence-corrected chi connectivity index (χ3v) is 5.72. The second-order valence-corrected chi connectivity index (χ2v) is 8.74. The third-order valence-electron chi connectivity index (χ3n) is 5.72. The quantitative estimate of drug-likeness (QED) is 0.553. The van der Waals surface area contributed by atoms with Crippen LogP contribution >= 0.6 is 0 Å². The number of benzene rings is 2. The first kappa shape index (κ1) is 23.4. The molecule has 2 amide bonds. The first-order chi connectivity index (χ1) is 16.5. The van der Waals surface area contributed by atoms with Gasteiger partial charge in [-0.25, -0.2) is 4.68 Å². The number of carbonyl (C=O) groups is 2. The van der Waals surface area contributed by atoms with E-state index >= 15 is 0 Å². The highest BCUT2D eigenvalue weighted by Gasteiger charge is 2.21. The summed E-state index contributed by atoms with van der Waals surface area (Å²) < 4.78 is 1.84. The van der Waals surface area contributed by atoms with E-state index in [1.165, 1.54) is 0 Å². The van der Waals surface area contributed by atoms with Crippen molar-refractivity contribution in [3.8, 4) is 16.9 Å². The monoisotopic (exact) mass is 457 g/mol. The van der Waals surface area contributed by atoms with Crippen molar-refractivity contribution in [2.45, 2.75) is 19.9 Å². The maximum absolute atomic E-state index is 12.9. The van der Waals surface area contributed by atoms with Crippen molar-refractivity contribution in [2.24, 2.45) is 0 Å². The van der Waals surface area contributed by atoms with Crippen molar-refractivity contribution in [3.63, 3.8) is 0 Å². The Hall–Kier alpha value is -3.71. The summed E-state index contributed by atoms with van der Waals surface area (Å²) in [6.45, 7) is 6.86. The van der Waals surface area contributed by atoms with Gasteiger partial charge in [0.1, 0.15) is 0 Å². The van der Waals surface area contributed by atoms with Crippen LogP contribution in [0.15, 0.2) is 72.9 Å². The first-order valence-corrected chi connectivity index (χ1v) is 11.7. The Morgan fingerprint density at radius 3 is 2.26 bits per heavy atom. The molecule has 0 aliphatic carbocycles. The van der Waals surface area contributed by atoms with Crippen molar-refractivity contribution < 1.29 is 9.59 Å². The molecule has 2 aromatic carbocycles. The molecule has 0 atom stereocenters. The molecule has 2 heterocycles. The summed E-state index contributed by atoms with van der Waals surface area (Å²) in [5.41, 5.74) is 3.67. The SMILES string of the molecule is CC(C)NC(=O)CN1CCN(C(=O)/C=C/c2cn(-c3ccccc3)nc2-c2ccccc2)CC1. The predicted octanol–water partition coefficient (Wildman–Crippen LogP) is 3.22. The van der Waals surface area contributed by atoms with Gasteiger partial charge in [-0.05, 0) is 32.1 Å². The van der Waals surface area contributed by atoms with E-state index in [2.05, 4.69) is 10.2 Å². The molecule has 0 saturated carbocycles. The zero-order valence-electron chi connectivity index (χ0n) is 19.7. The van der Waals surface area contributed by atoms with Crippen LogP contribution in [-0.2, 0) is 9.59 Å². The van der Waals surface area contributed by atoms with E-state index in [0.29, 0.717) is 32.7 Å². The first-order valence-electron chi connectivity index (χ1n) is 11.7. The van der Waals surface area contributed by atoms with Crippen molar-refractivity contribution >= 4 is 17.9 Å². The fourth-order valence-electron chi connectivity index (χ4n) is 4.01. The summed E-state index contributed by atoms with van der Waals surface area (Å²) in [5.74, 6) is -0.00343. The van der Waals surface area contributed by atoms with Gasteiger partial charge in [0.05, 0.1) is 17.9 Å². The maximum Gasteiger partial charge on any atom is 0.246 e. The molecular weight excluding hydrogens is 426 g/mol. The number of amides is 2. The van der Waals surface area contributed by atoms with Gasteiger partial charge in [0.2, 0.25) is 11.8 Å². The molecule has 4 rings (SSSR count). The Kier molecular flexibility index (Phi) is 7.54. The van der Waals surface area contributed by atoms with Gasteiger partial charge < -0.3 is 10.2 Å². The van der Waals surface area contributed by atoms with Gasteiger partial charge in [0.15, 0.2) is 0 Å². The van der Waals surface area contributed by atoms with Gasteiger partial charge in [-0.2, -0.15) is 5.10 Å². The highest BCUT2D eigenvalue weighted by molar-refractivity contribution is 5.93. The molecule has 1 aliphatic heterocycles. The Labute approximate surface area is 200 Å². The van der Waals surface area contributed by atoms with E-state index in [0.717, 1.165) is 22.5 Å². The molecule has 1 saturated heterocycles. The molecule has 3 aromatic rings. The van der Waals surface area contributed by atoms with Crippen LogP contribution in [0, 0.1) is 0 Å². The van der Waals surface area contributed by atoms with Gasteiger partial charge in [-0.1, -0.05) is 48.5 Å².